The molecule has 5 N–H and O–H groups in total. The molecular weight excluding hydrogens is 488 g/mol. The number of carbonyl (C=O) groups is 2. The van der Waals surface area contributed by atoms with Crippen molar-refractivity contribution in [2.75, 3.05) is 6.61 Å². The average molecular weight is 525 g/mol. The first kappa shape index (κ1) is 27.9. The first-order valence-electron chi connectivity index (χ1n) is 12.5. The monoisotopic (exact) mass is 524 g/mol. The summed E-state index contributed by atoms with van der Waals surface area (Å²) in [6.07, 6.45) is -10.2. The van der Waals surface area contributed by atoms with Crippen LogP contribution in [0.5, 0.6) is 0 Å². The SMILES string of the molecule is C=C1C(=O)O[C@@H]2[C@H]3C(=C)[C@@H](O[C@@H]4O[C@H](CO)[C@@H](O)[C@H](O)[C@H]4O)C[C@H]3C(=C)C[C@@H](OC(=O)[C@@H](O)C(C)C)[C@@H]12. The van der Waals surface area contributed by atoms with E-state index in [0.29, 0.717) is 17.6 Å². The van der Waals surface area contributed by atoms with Crippen molar-refractivity contribution in [1.29, 1.82) is 0 Å². The molecule has 0 radical (unpaired) electrons. The van der Waals surface area contributed by atoms with E-state index >= 15 is 0 Å². The minimum Gasteiger partial charge on any atom is -0.459 e. The lowest BCUT2D eigenvalue weighted by Crippen LogP contribution is -2.59. The first-order valence-corrected chi connectivity index (χ1v) is 12.5. The molecule has 2 aliphatic carbocycles. The fraction of sp³-hybridized carbons (Fsp3) is 0.692. The zero-order valence-electron chi connectivity index (χ0n) is 20.9. The number of aliphatic hydroxyl groups excluding tert-OH is 5. The maximum Gasteiger partial charge on any atom is 0.335 e. The van der Waals surface area contributed by atoms with Gasteiger partial charge in [0.05, 0.1) is 18.6 Å². The molecule has 0 spiro atoms. The highest BCUT2D eigenvalue weighted by Gasteiger charge is 2.58. The smallest absolute Gasteiger partial charge is 0.335 e. The molecule has 12 atom stereocenters. The van der Waals surface area contributed by atoms with Crippen molar-refractivity contribution in [2.24, 2.45) is 23.7 Å². The summed E-state index contributed by atoms with van der Waals surface area (Å²) in [5, 5.41) is 50.2. The molecule has 0 unspecified atom stereocenters. The normalized spacial score (nSPS) is 42.8. The molecule has 2 heterocycles. The van der Waals surface area contributed by atoms with Gasteiger partial charge in [0, 0.05) is 17.9 Å². The topological polar surface area (TPSA) is 172 Å². The van der Waals surface area contributed by atoms with Crippen LogP contribution in [0.3, 0.4) is 0 Å². The van der Waals surface area contributed by atoms with Crippen molar-refractivity contribution < 1.29 is 54.1 Å². The summed E-state index contributed by atoms with van der Waals surface area (Å²) in [5.74, 6) is -3.21. The van der Waals surface area contributed by atoms with E-state index in [-0.39, 0.29) is 23.8 Å². The van der Waals surface area contributed by atoms with Gasteiger partial charge in [0.25, 0.3) is 0 Å². The molecule has 37 heavy (non-hydrogen) atoms. The number of fused-ring (bicyclic) bond motifs is 3. The van der Waals surface area contributed by atoms with Gasteiger partial charge in [-0.3, -0.25) is 0 Å². The number of ether oxygens (including phenoxy) is 4. The van der Waals surface area contributed by atoms with Crippen molar-refractivity contribution >= 4 is 11.9 Å². The minimum absolute atomic E-state index is 0.154. The van der Waals surface area contributed by atoms with E-state index in [0.717, 1.165) is 0 Å². The van der Waals surface area contributed by atoms with Gasteiger partial charge in [0.1, 0.15) is 36.6 Å². The van der Waals surface area contributed by atoms with Crippen molar-refractivity contribution in [1.82, 2.24) is 0 Å². The largest absolute Gasteiger partial charge is 0.459 e. The fourth-order valence-corrected chi connectivity index (χ4v) is 5.83. The highest BCUT2D eigenvalue weighted by Crippen LogP contribution is 2.53. The Morgan fingerprint density at radius 1 is 1.11 bits per heavy atom. The lowest BCUT2D eigenvalue weighted by atomic mass is 9.81. The van der Waals surface area contributed by atoms with E-state index in [1.54, 1.807) is 13.8 Å². The summed E-state index contributed by atoms with van der Waals surface area (Å²) in [6, 6.07) is 0. The standard InChI is InChI=1S/C26H36O11/c1-9(2)19(28)25(33)34-15-6-10(3)13-7-14(11(4)17(13)23-18(15)12(5)24(32)37-23)35-26-22(31)21(30)20(29)16(8-27)36-26/h9,13-23,26-31H,3-8H2,1-2H3/t13-,14-,15+,16+,17-,18+,19-,20+,21-,22+,23+,26+/m0/s1. The number of rotatable bonds is 6. The summed E-state index contributed by atoms with van der Waals surface area (Å²) < 4.78 is 22.8. The van der Waals surface area contributed by atoms with E-state index in [2.05, 4.69) is 19.7 Å². The van der Waals surface area contributed by atoms with Crippen molar-refractivity contribution in [3.05, 3.63) is 36.5 Å². The summed E-state index contributed by atoms with van der Waals surface area (Å²) >= 11 is 0. The van der Waals surface area contributed by atoms with Gasteiger partial charge >= 0.3 is 11.9 Å². The fourth-order valence-electron chi connectivity index (χ4n) is 5.83. The van der Waals surface area contributed by atoms with Crippen LogP contribution in [-0.2, 0) is 28.5 Å². The van der Waals surface area contributed by atoms with Gasteiger partial charge in [-0.15, -0.1) is 0 Å². The van der Waals surface area contributed by atoms with E-state index in [9.17, 15) is 35.1 Å². The number of carbonyl (C=O) groups excluding carboxylic acids is 2. The Hall–Kier alpha value is -2.12. The van der Waals surface area contributed by atoms with Crippen LogP contribution in [0.2, 0.25) is 0 Å². The molecule has 4 aliphatic rings. The molecule has 0 aromatic heterocycles. The van der Waals surface area contributed by atoms with Gasteiger partial charge in [0.2, 0.25) is 0 Å². The van der Waals surface area contributed by atoms with Crippen LogP contribution >= 0.6 is 0 Å². The van der Waals surface area contributed by atoms with Crippen LogP contribution in [0.15, 0.2) is 36.5 Å². The highest BCUT2D eigenvalue weighted by molar-refractivity contribution is 5.91. The lowest BCUT2D eigenvalue weighted by molar-refractivity contribution is -0.308. The minimum atomic E-state index is -1.59. The van der Waals surface area contributed by atoms with Gasteiger partial charge in [-0.05, 0) is 23.8 Å². The molecule has 0 bridgehead atoms. The van der Waals surface area contributed by atoms with Crippen LogP contribution in [0.25, 0.3) is 0 Å². The summed E-state index contributed by atoms with van der Waals surface area (Å²) in [4.78, 5) is 25.1. The molecule has 11 heteroatoms. The lowest BCUT2D eigenvalue weighted by Gasteiger charge is -2.40. The zero-order chi connectivity index (χ0) is 27.3. The van der Waals surface area contributed by atoms with Crippen molar-refractivity contribution in [2.45, 2.75) is 81.8 Å². The van der Waals surface area contributed by atoms with Crippen molar-refractivity contribution in [3.8, 4) is 0 Å². The highest BCUT2D eigenvalue weighted by atomic mass is 16.7. The first-order chi connectivity index (χ1) is 17.4. The third-order valence-corrected chi connectivity index (χ3v) is 8.03. The maximum absolute atomic E-state index is 12.6. The summed E-state index contributed by atoms with van der Waals surface area (Å²) in [7, 11) is 0. The van der Waals surface area contributed by atoms with Gasteiger partial charge in [-0.1, -0.05) is 39.2 Å². The van der Waals surface area contributed by atoms with E-state index in [1.807, 2.05) is 0 Å². The molecular formula is C26H36O11. The Morgan fingerprint density at radius 2 is 1.78 bits per heavy atom. The Morgan fingerprint density at radius 3 is 2.41 bits per heavy atom. The number of hydrogen-bond donors (Lipinski definition) is 5. The van der Waals surface area contributed by atoms with Gasteiger partial charge in [-0.2, -0.15) is 0 Å². The van der Waals surface area contributed by atoms with Crippen molar-refractivity contribution in [3.63, 3.8) is 0 Å². The van der Waals surface area contributed by atoms with Crippen LogP contribution in [0.4, 0.5) is 0 Å². The quantitative estimate of drug-likeness (QED) is 0.170. The molecule has 0 amide bonds. The third kappa shape index (κ3) is 4.89. The molecule has 0 aromatic carbocycles. The Balaban J connectivity index is 1.56. The van der Waals surface area contributed by atoms with Gasteiger partial charge in [-0.25, -0.2) is 9.59 Å². The van der Waals surface area contributed by atoms with Gasteiger partial charge in [0.15, 0.2) is 12.4 Å². The summed E-state index contributed by atoms with van der Waals surface area (Å²) in [6.45, 7) is 15.0. The number of esters is 2. The number of aliphatic hydroxyl groups is 5. The second-order valence-electron chi connectivity index (χ2n) is 10.7. The zero-order valence-corrected chi connectivity index (χ0v) is 20.9. The summed E-state index contributed by atoms with van der Waals surface area (Å²) in [5.41, 5.74) is 1.40. The molecule has 2 aliphatic heterocycles. The van der Waals surface area contributed by atoms with Crippen LogP contribution < -0.4 is 0 Å². The number of hydrogen-bond acceptors (Lipinski definition) is 11. The molecule has 206 valence electrons. The molecule has 4 fully saturated rings. The second-order valence-corrected chi connectivity index (χ2v) is 10.7. The molecule has 11 nitrogen and oxygen atoms in total. The molecule has 2 saturated heterocycles. The Labute approximate surface area is 215 Å². The van der Waals surface area contributed by atoms with Gasteiger partial charge < -0.3 is 44.5 Å². The second kappa shape index (κ2) is 10.6. The van der Waals surface area contributed by atoms with E-state index in [4.69, 9.17) is 18.9 Å². The molecule has 4 rings (SSSR count). The van der Waals surface area contributed by atoms with E-state index in [1.165, 1.54) is 0 Å². The molecule has 0 aromatic rings. The van der Waals surface area contributed by atoms with Crippen LogP contribution in [0.1, 0.15) is 26.7 Å². The maximum atomic E-state index is 12.6. The van der Waals surface area contributed by atoms with Crippen LogP contribution in [0, 0.1) is 23.7 Å². The predicted octanol–water partition coefficient (Wildman–Crippen LogP) is -0.650. The Kier molecular flexibility index (Phi) is 7.97. The predicted molar refractivity (Wildman–Crippen MR) is 126 cm³/mol. The average Bonchev–Trinajstić information content (AvgIpc) is 3.29. The van der Waals surface area contributed by atoms with Crippen LogP contribution in [-0.4, -0.2) is 99.2 Å². The van der Waals surface area contributed by atoms with E-state index < -0.39 is 85.5 Å². The third-order valence-electron chi connectivity index (χ3n) is 8.03. The molecule has 2 saturated carbocycles. The Bertz CT molecular complexity index is 958.